The van der Waals surface area contributed by atoms with E-state index in [9.17, 15) is 5.11 Å². The molecule has 0 aliphatic heterocycles. The molecular formula is C15H19NO. The minimum Gasteiger partial charge on any atom is -0.389 e. The van der Waals surface area contributed by atoms with Gasteiger partial charge in [0.05, 0.1) is 6.10 Å². The number of hydrogen-bond donors (Lipinski definition) is 2. The lowest BCUT2D eigenvalue weighted by molar-refractivity contribution is 0.198. The lowest BCUT2D eigenvalue weighted by Gasteiger charge is -2.41. The molecule has 2 aliphatic rings. The number of fused-ring (bicyclic) bond motifs is 1. The van der Waals surface area contributed by atoms with Gasteiger partial charge in [-0.3, -0.25) is 0 Å². The third-order valence-corrected chi connectivity index (χ3v) is 4.11. The number of aliphatic hydroxyl groups excluding tert-OH is 1. The number of allylic oxidation sites excluding steroid dienone is 1. The van der Waals surface area contributed by atoms with Crippen molar-refractivity contribution in [3.63, 3.8) is 0 Å². The van der Waals surface area contributed by atoms with Crippen LogP contribution in [0.4, 0.5) is 5.69 Å². The van der Waals surface area contributed by atoms with Crippen LogP contribution in [0.15, 0.2) is 36.4 Å². The lowest BCUT2D eigenvalue weighted by atomic mass is 9.71. The summed E-state index contributed by atoms with van der Waals surface area (Å²) in [5.41, 5.74) is 2.09. The zero-order valence-corrected chi connectivity index (χ0v) is 10.1. The van der Waals surface area contributed by atoms with Crippen molar-refractivity contribution in [2.75, 3.05) is 5.32 Å². The zero-order valence-electron chi connectivity index (χ0n) is 10.1. The Bertz CT molecular complexity index is 438. The third-order valence-electron chi connectivity index (χ3n) is 4.11. The van der Waals surface area contributed by atoms with E-state index in [0.717, 1.165) is 17.2 Å². The maximum atomic E-state index is 9.74. The van der Waals surface area contributed by atoms with Crippen molar-refractivity contribution in [2.24, 2.45) is 11.8 Å². The molecule has 1 saturated carbocycles. The molecule has 90 valence electrons. The van der Waals surface area contributed by atoms with E-state index in [4.69, 9.17) is 0 Å². The van der Waals surface area contributed by atoms with Crippen molar-refractivity contribution in [3.05, 3.63) is 42.0 Å². The molecule has 2 nitrogen and oxygen atoms in total. The molecule has 0 saturated heterocycles. The van der Waals surface area contributed by atoms with Gasteiger partial charge in [-0.05, 0) is 31.7 Å². The number of hydrogen-bond acceptors (Lipinski definition) is 2. The van der Waals surface area contributed by atoms with Crippen LogP contribution < -0.4 is 5.32 Å². The maximum absolute atomic E-state index is 9.74. The van der Waals surface area contributed by atoms with Crippen LogP contribution >= 0.6 is 0 Å². The molecule has 0 heterocycles. The first-order valence-electron chi connectivity index (χ1n) is 6.46. The highest BCUT2D eigenvalue weighted by Gasteiger charge is 2.41. The highest BCUT2D eigenvalue weighted by Crippen LogP contribution is 2.44. The topological polar surface area (TPSA) is 32.3 Å². The van der Waals surface area contributed by atoms with Gasteiger partial charge >= 0.3 is 0 Å². The summed E-state index contributed by atoms with van der Waals surface area (Å²) in [4.78, 5) is 0. The monoisotopic (exact) mass is 229 g/mol. The SMILES string of the molecule is CC(O)c1ccccc1NC1CC2CC=CC21. The predicted molar refractivity (Wildman–Crippen MR) is 69.8 cm³/mol. The molecule has 2 aliphatic carbocycles. The van der Waals surface area contributed by atoms with Gasteiger partial charge < -0.3 is 10.4 Å². The first-order valence-corrected chi connectivity index (χ1v) is 6.46. The predicted octanol–water partition coefficient (Wildman–Crippen LogP) is 3.12. The molecule has 3 rings (SSSR count). The van der Waals surface area contributed by atoms with Crippen molar-refractivity contribution in [1.29, 1.82) is 0 Å². The van der Waals surface area contributed by atoms with Crippen LogP contribution in [0.3, 0.4) is 0 Å². The Morgan fingerprint density at radius 1 is 1.35 bits per heavy atom. The Labute approximate surface area is 102 Å². The highest BCUT2D eigenvalue weighted by molar-refractivity contribution is 5.53. The Balaban J connectivity index is 1.75. The molecule has 17 heavy (non-hydrogen) atoms. The number of anilines is 1. The second kappa shape index (κ2) is 4.19. The Hall–Kier alpha value is -1.28. The van der Waals surface area contributed by atoms with Gasteiger partial charge in [-0.2, -0.15) is 0 Å². The number of para-hydroxylation sites is 1. The van der Waals surface area contributed by atoms with Gasteiger partial charge in [0.15, 0.2) is 0 Å². The Morgan fingerprint density at radius 2 is 2.18 bits per heavy atom. The Kier molecular flexibility index (Phi) is 2.67. The average Bonchev–Trinajstić information content (AvgIpc) is 2.68. The molecule has 4 unspecified atom stereocenters. The molecule has 2 heteroatoms. The van der Waals surface area contributed by atoms with Gasteiger partial charge in [-0.25, -0.2) is 0 Å². The van der Waals surface area contributed by atoms with Gasteiger partial charge in [0.1, 0.15) is 0 Å². The van der Waals surface area contributed by atoms with Gasteiger partial charge in [-0.1, -0.05) is 30.4 Å². The van der Waals surface area contributed by atoms with Gasteiger partial charge in [0.25, 0.3) is 0 Å². The van der Waals surface area contributed by atoms with Crippen LogP contribution in [-0.4, -0.2) is 11.1 Å². The van der Waals surface area contributed by atoms with E-state index in [0.29, 0.717) is 12.0 Å². The van der Waals surface area contributed by atoms with Crippen LogP contribution in [0.2, 0.25) is 0 Å². The number of benzene rings is 1. The summed E-state index contributed by atoms with van der Waals surface area (Å²) in [6.45, 7) is 1.82. The van der Waals surface area contributed by atoms with Crippen molar-refractivity contribution in [1.82, 2.24) is 0 Å². The standard InChI is InChI=1S/C15H19NO/c1-10(17)12-6-2-3-8-14(12)16-15-9-11-5-4-7-13(11)15/h2-4,6-8,10-11,13,15-17H,5,9H2,1H3. The third kappa shape index (κ3) is 1.87. The lowest BCUT2D eigenvalue weighted by Crippen LogP contribution is -2.43. The molecule has 0 radical (unpaired) electrons. The maximum Gasteiger partial charge on any atom is 0.0781 e. The van der Waals surface area contributed by atoms with E-state index < -0.39 is 6.10 Å². The molecule has 4 atom stereocenters. The summed E-state index contributed by atoms with van der Waals surface area (Å²) in [7, 11) is 0. The van der Waals surface area contributed by atoms with E-state index in [1.54, 1.807) is 0 Å². The molecule has 0 spiro atoms. The van der Waals surface area contributed by atoms with Crippen molar-refractivity contribution in [2.45, 2.75) is 31.9 Å². The Morgan fingerprint density at radius 3 is 2.94 bits per heavy atom. The molecule has 1 aromatic carbocycles. The molecule has 1 aromatic rings. The fraction of sp³-hybridized carbons (Fsp3) is 0.467. The zero-order chi connectivity index (χ0) is 11.8. The van der Waals surface area contributed by atoms with E-state index >= 15 is 0 Å². The van der Waals surface area contributed by atoms with E-state index in [1.807, 2.05) is 25.1 Å². The van der Waals surface area contributed by atoms with E-state index in [1.165, 1.54) is 12.8 Å². The second-order valence-corrected chi connectivity index (χ2v) is 5.25. The summed E-state index contributed by atoms with van der Waals surface area (Å²) < 4.78 is 0. The largest absolute Gasteiger partial charge is 0.389 e. The number of aliphatic hydroxyl groups is 1. The first-order chi connectivity index (χ1) is 8.25. The van der Waals surface area contributed by atoms with Crippen molar-refractivity contribution >= 4 is 5.69 Å². The van der Waals surface area contributed by atoms with Crippen molar-refractivity contribution in [3.8, 4) is 0 Å². The van der Waals surface area contributed by atoms with Crippen LogP contribution in [-0.2, 0) is 0 Å². The van der Waals surface area contributed by atoms with E-state index in [2.05, 4.69) is 23.5 Å². The first kappa shape index (κ1) is 10.8. The summed E-state index contributed by atoms with van der Waals surface area (Å²) in [5.74, 6) is 1.57. The smallest absolute Gasteiger partial charge is 0.0781 e. The van der Waals surface area contributed by atoms with Crippen LogP contribution in [0.25, 0.3) is 0 Å². The van der Waals surface area contributed by atoms with Crippen molar-refractivity contribution < 1.29 is 5.11 Å². The summed E-state index contributed by atoms with van der Waals surface area (Å²) in [6, 6.07) is 8.61. The number of rotatable bonds is 3. The van der Waals surface area contributed by atoms with Crippen LogP contribution in [0.1, 0.15) is 31.4 Å². The van der Waals surface area contributed by atoms with Gasteiger partial charge in [-0.15, -0.1) is 0 Å². The molecule has 1 fully saturated rings. The fourth-order valence-electron chi connectivity index (χ4n) is 3.08. The molecule has 2 N–H and O–H groups in total. The summed E-state index contributed by atoms with van der Waals surface area (Å²) in [6.07, 6.45) is 6.75. The summed E-state index contributed by atoms with van der Waals surface area (Å²) in [5, 5.41) is 13.3. The minimum atomic E-state index is -0.409. The van der Waals surface area contributed by atoms with Gasteiger partial charge in [0, 0.05) is 23.2 Å². The number of nitrogens with one attached hydrogen (secondary N) is 1. The summed E-state index contributed by atoms with van der Waals surface area (Å²) >= 11 is 0. The molecular weight excluding hydrogens is 210 g/mol. The van der Waals surface area contributed by atoms with Gasteiger partial charge in [0.2, 0.25) is 0 Å². The molecule has 0 bridgehead atoms. The minimum absolute atomic E-state index is 0.409. The highest BCUT2D eigenvalue weighted by atomic mass is 16.3. The molecule has 0 aromatic heterocycles. The fourth-order valence-corrected chi connectivity index (χ4v) is 3.08. The second-order valence-electron chi connectivity index (χ2n) is 5.25. The quantitative estimate of drug-likeness (QED) is 0.780. The normalized spacial score (nSPS) is 31.8. The van der Waals surface area contributed by atoms with Crippen LogP contribution in [0, 0.1) is 11.8 Å². The average molecular weight is 229 g/mol. The van der Waals surface area contributed by atoms with E-state index in [-0.39, 0.29) is 0 Å². The van der Waals surface area contributed by atoms with Crippen LogP contribution in [0.5, 0.6) is 0 Å². The molecule has 0 amide bonds.